The zero-order valence-corrected chi connectivity index (χ0v) is 10.1. The summed E-state index contributed by atoms with van der Waals surface area (Å²) in [5.41, 5.74) is 8.67. The molecule has 1 aromatic heterocycles. The number of hydrogen-bond acceptors (Lipinski definition) is 2. The number of hydrogen-bond donors (Lipinski definition) is 1. The third kappa shape index (κ3) is 1.93. The molecule has 1 saturated carbocycles. The highest BCUT2D eigenvalue weighted by Crippen LogP contribution is 2.42. The van der Waals surface area contributed by atoms with Crippen molar-refractivity contribution >= 4 is 10.9 Å². The average molecular weight is 226 g/mol. The molecule has 0 aliphatic heterocycles. The molecule has 0 radical (unpaired) electrons. The van der Waals surface area contributed by atoms with Crippen molar-refractivity contribution in [1.82, 2.24) is 4.98 Å². The molecule has 0 amide bonds. The van der Waals surface area contributed by atoms with E-state index in [1.54, 1.807) is 0 Å². The molecular formula is C15H18N2. The Morgan fingerprint density at radius 1 is 1.24 bits per heavy atom. The first kappa shape index (κ1) is 10.7. The van der Waals surface area contributed by atoms with Gasteiger partial charge in [0.2, 0.25) is 0 Å². The van der Waals surface area contributed by atoms with Gasteiger partial charge in [-0.25, -0.2) is 0 Å². The summed E-state index contributed by atoms with van der Waals surface area (Å²) in [4.78, 5) is 4.48. The number of fused-ring (bicyclic) bond motifs is 1. The lowest BCUT2D eigenvalue weighted by Gasteiger charge is -2.20. The Kier molecular flexibility index (Phi) is 2.60. The average Bonchev–Trinajstić information content (AvgIpc) is 3.20. The number of para-hydroxylation sites is 1. The molecule has 1 aliphatic carbocycles. The minimum atomic E-state index is 0.112. The van der Waals surface area contributed by atoms with E-state index in [2.05, 4.69) is 36.2 Å². The summed E-state index contributed by atoms with van der Waals surface area (Å²) >= 11 is 0. The first-order chi connectivity index (χ1) is 8.27. The molecule has 0 saturated heterocycles. The van der Waals surface area contributed by atoms with E-state index in [1.807, 2.05) is 12.3 Å². The SMILES string of the molecule is CC(C1CC1)C(N)c1cccc2cccnc12. The van der Waals surface area contributed by atoms with Crippen LogP contribution >= 0.6 is 0 Å². The lowest BCUT2D eigenvalue weighted by molar-refractivity contribution is 0.419. The summed E-state index contributed by atoms with van der Waals surface area (Å²) in [6.07, 6.45) is 4.53. The van der Waals surface area contributed by atoms with Gasteiger partial charge >= 0.3 is 0 Å². The minimum absolute atomic E-state index is 0.112. The van der Waals surface area contributed by atoms with Crippen LogP contribution in [0, 0.1) is 11.8 Å². The number of benzene rings is 1. The fourth-order valence-corrected chi connectivity index (χ4v) is 2.60. The second kappa shape index (κ2) is 4.11. The Morgan fingerprint density at radius 2 is 2.00 bits per heavy atom. The summed E-state index contributed by atoms with van der Waals surface area (Å²) in [5, 5.41) is 1.18. The largest absolute Gasteiger partial charge is 0.324 e. The van der Waals surface area contributed by atoms with E-state index in [1.165, 1.54) is 23.8 Å². The lowest BCUT2D eigenvalue weighted by atomic mass is 9.90. The Balaban J connectivity index is 2.03. The molecule has 2 heteroatoms. The molecule has 0 spiro atoms. The van der Waals surface area contributed by atoms with E-state index < -0.39 is 0 Å². The molecule has 2 N–H and O–H groups in total. The normalized spacial score (nSPS) is 19.2. The number of pyridine rings is 1. The Morgan fingerprint density at radius 3 is 2.76 bits per heavy atom. The van der Waals surface area contributed by atoms with Crippen LogP contribution in [-0.4, -0.2) is 4.98 Å². The van der Waals surface area contributed by atoms with Crippen molar-refractivity contribution in [2.45, 2.75) is 25.8 Å². The van der Waals surface area contributed by atoms with Crippen LogP contribution in [0.2, 0.25) is 0 Å². The molecule has 88 valence electrons. The summed E-state index contributed by atoms with van der Waals surface area (Å²) in [6, 6.07) is 10.5. The van der Waals surface area contributed by atoms with Crippen molar-refractivity contribution in [3.8, 4) is 0 Å². The predicted octanol–water partition coefficient (Wildman–Crippen LogP) is 3.28. The summed E-state index contributed by atoms with van der Waals surface area (Å²) in [6.45, 7) is 2.27. The Hall–Kier alpha value is -1.41. The van der Waals surface area contributed by atoms with Gasteiger partial charge in [-0.1, -0.05) is 31.2 Å². The predicted molar refractivity (Wildman–Crippen MR) is 70.6 cm³/mol. The number of nitrogens with zero attached hydrogens (tertiary/aromatic N) is 1. The molecule has 1 aliphatic rings. The van der Waals surface area contributed by atoms with Gasteiger partial charge in [-0.15, -0.1) is 0 Å². The van der Waals surface area contributed by atoms with Crippen molar-refractivity contribution in [2.24, 2.45) is 17.6 Å². The first-order valence-electron chi connectivity index (χ1n) is 6.36. The van der Waals surface area contributed by atoms with Gasteiger partial charge < -0.3 is 5.73 Å². The van der Waals surface area contributed by atoms with Crippen molar-refractivity contribution in [3.63, 3.8) is 0 Å². The van der Waals surface area contributed by atoms with Crippen LogP contribution in [0.5, 0.6) is 0 Å². The second-order valence-electron chi connectivity index (χ2n) is 5.14. The molecule has 2 atom stereocenters. The van der Waals surface area contributed by atoms with Gasteiger partial charge in [0.1, 0.15) is 0 Å². The van der Waals surface area contributed by atoms with Gasteiger partial charge in [0.05, 0.1) is 5.52 Å². The van der Waals surface area contributed by atoms with Gasteiger partial charge in [0, 0.05) is 17.6 Å². The maximum absolute atomic E-state index is 6.41. The first-order valence-corrected chi connectivity index (χ1v) is 6.36. The van der Waals surface area contributed by atoms with E-state index >= 15 is 0 Å². The Labute approximate surface area is 102 Å². The molecule has 17 heavy (non-hydrogen) atoms. The molecule has 1 aromatic carbocycles. The van der Waals surface area contributed by atoms with E-state index in [4.69, 9.17) is 5.73 Å². The summed E-state index contributed by atoms with van der Waals surface area (Å²) in [5.74, 6) is 1.38. The van der Waals surface area contributed by atoms with Crippen LogP contribution in [0.25, 0.3) is 10.9 Å². The van der Waals surface area contributed by atoms with E-state index in [9.17, 15) is 0 Å². The maximum Gasteiger partial charge on any atom is 0.0749 e. The van der Waals surface area contributed by atoms with Crippen LogP contribution < -0.4 is 5.73 Å². The van der Waals surface area contributed by atoms with Crippen molar-refractivity contribution in [3.05, 3.63) is 42.1 Å². The van der Waals surface area contributed by atoms with Crippen molar-refractivity contribution < 1.29 is 0 Å². The third-order valence-corrected chi connectivity index (χ3v) is 3.96. The van der Waals surface area contributed by atoms with Crippen LogP contribution in [0.15, 0.2) is 36.5 Å². The molecule has 2 unspecified atom stereocenters. The zero-order valence-electron chi connectivity index (χ0n) is 10.1. The number of aromatic nitrogens is 1. The highest BCUT2D eigenvalue weighted by atomic mass is 14.7. The highest BCUT2D eigenvalue weighted by molar-refractivity contribution is 5.82. The molecular weight excluding hydrogens is 208 g/mol. The molecule has 2 aromatic rings. The molecule has 3 rings (SSSR count). The lowest BCUT2D eigenvalue weighted by Crippen LogP contribution is -2.21. The second-order valence-corrected chi connectivity index (χ2v) is 5.14. The van der Waals surface area contributed by atoms with Gasteiger partial charge in [-0.3, -0.25) is 4.98 Å². The summed E-state index contributed by atoms with van der Waals surface area (Å²) in [7, 11) is 0. The topological polar surface area (TPSA) is 38.9 Å². The molecule has 1 heterocycles. The monoisotopic (exact) mass is 226 g/mol. The molecule has 0 bridgehead atoms. The molecule has 2 nitrogen and oxygen atoms in total. The van der Waals surface area contributed by atoms with Crippen molar-refractivity contribution in [1.29, 1.82) is 0 Å². The summed E-state index contributed by atoms with van der Waals surface area (Å²) < 4.78 is 0. The van der Waals surface area contributed by atoms with Gasteiger partial charge in [-0.2, -0.15) is 0 Å². The van der Waals surface area contributed by atoms with E-state index in [0.717, 1.165) is 11.4 Å². The smallest absolute Gasteiger partial charge is 0.0749 e. The minimum Gasteiger partial charge on any atom is -0.324 e. The number of nitrogens with two attached hydrogens (primary N) is 1. The maximum atomic E-state index is 6.41. The van der Waals surface area contributed by atoms with Crippen LogP contribution in [0.1, 0.15) is 31.4 Å². The van der Waals surface area contributed by atoms with E-state index in [-0.39, 0.29) is 6.04 Å². The fraction of sp³-hybridized carbons (Fsp3) is 0.400. The van der Waals surface area contributed by atoms with Crippen LogP contribution in [0.3, 0.4) is 0 Å². The standard InChI is InChI=1S/C15H18N2/c1-10(11-7-8-11)14(16)13-6-2-4-12-5-3-9-17-15(12)13/h2-6,9-11,14H,7-8,16H2,1H3. The zero-order chi connectivity index (χ0) is 11.8. The van der Waals surface area contributed by atoms with Gasteiger partial charge in [0.25, 0.3) is 0 Å². The van der Waals surface area contributed by atoms with Gasteiger partial charge in [0.15, 0.2) is 0 Å². The van der Waals surface area contributed by atoms with Gasteiger partial charge in [-0.05, 0) is 36.3 Å². The van der Waals surface area contributed by atoms with Crippen molar-refractivity contribution in [2.75, 3.05) is 0 Å². The van der Waals surface area contributed by atoms with E-state index in [0.29, 0.717) is 5.92 Å². The number of rotatable bonds is 3. The van der Waals surface area contributed by atoms with Crippen LogP contribution in [-0.2, 0) is 0 Å². The fourth-order valence-electron chi connectivity index (χ4n) is 2.60. The molecule has 1 fully saturated rings. The quantitative estimate of drug-likeness (QED) is 0.872. The highest BCUT2D eigenvalue weighted by Gasteiger charge is 2.32. The van der Waals surface area contributed by atoms with Crippen LogP contribution in [0.4, 0.5) is 0 Å². The third-order valence-electron chi connectivity index (χ3n) is 3.96. The Bertz CT molecular complexity index is 526.